The number of carbonyl (C=O) groups excluding carboxylic acids is 4. The number of carbonyl (C=O) groups is 4. The molecule has 1 heterocycles. The molecule has 3 rings (SSSR count). The van der Waals surface area contributed by atoms with Crippen molar-refractivity contribution in [1.29, 1.82) is 0 Å². The molecule has 1 fully saturated rings. The number of halogens is 1. The van der Waals surface area contributed by atoms with E-state index in [2.05, 4.69) is 10.6 Å². The van der Waals surface area contributed by atoms with E-state index >= 15 is 0 Å². The topological polar surface area (TPSA) is 105 Å². The Morgan fingerprint density at radius 2 is 1.91 bits per heavy atom. The molecule has 0 unspecified atom stereocenters. The lowest BCUT2D eigenvalue weighted by atomic mass is 10.1. The first-order chi connectivity index (χ1) is 15.6. The monoisotopic (exact) mass is 473 g/mol. The van der Waals surface area contributed by atoms with Gasteiger partial charge in [0.15, 0.2) is 6.10 Å². The van der Waals surface area contributed by atoms with Crippen LogP contribution in [0.1, 0.15) is 29.8 Å². The van der Waals surface area contributed by atoms with Gasteiger partial charge in [0, 0.05) is 24.2 Å². The predicted molar refractivity (Wildman–Crippen MR) is 120 cm³/mol. The molecule has 4 amide bonds. The normalized spacial score (nSPS) is 18.3. The third-order valence-corrected chi connectivity index (χ3v) is 6.45. The van der Waals surface area contributed by atoms with E-state index in [0.29, 0.717) is 10.5 Å². The van der Waals surface area contributed by atoms with Crippen molar-refractivity contribution in [2.24, 2.45) is 0 Å². The summed E-state index contributed by atoms with van der Waals surface area (Å²) in [5.41, 5.74) is -0.257. The lowest BCUT2D eigenvalue weighted by Crippen LogP contribution is -2.46. The zero-order valence-corrected chi connectivity index (χ0v) is 19.2. The highest BCUT2D eigenvalue weighted by Crippen LogP contribution is 2.28. The zero-order valence-electron chi connectivity index (χ0n) is 18.4. The summed E-state index contributed by atoms with van der Waals surface area (Å²) in [4.78, 5) is 50.8. The molecular weight excluding hydrogens is 449 g/mol. The number of nitrogens with one attached hydrogen (secondary N) is 2. The molecule has 1 aliphatic rings. The van der Waals surface area contributed by atoms with E-state index < -0.39 is 41.3 Å². The fourth-order valence-corrected chi connectivity index (χ4v) is 4.37. The SMILES string of the molecule is C[C@@H](OC(=O)c1ccccc1SC[C@@]1(C)NC(=O)NC1=O)C(=O)N(C)Cc1cccc(F)c1. The van der Waals surface area contributed by atoms with Crippen molar-refractivity contribution >= 4 is 35.6 Å². The van der Waals surface area contributed by atoms with Gasteiger partial charge >= 0.3 is 12.0 Å². The Labute approximate surface area is 194 Å². The summed E-state index contributed by atoms with van der Waals surface area (Å²) in [5, 5.41) is 4.77. The van der Waals surface area contributed by atoms with Crippen molar-refractivity contribution in [3.63, 3.8) is 0 Å². The lowest BCUT2D eigenvalue weighted by Gasteiger charge is -2.22. The number of nitrogens with zero attached hydrogens (tertiary/aromatic N) is 1. The maximum absolute atomic E-state index is 13.4. The van der Waals surface area contributed by atoms with Gasteiger partial charge in [0.25, 0.3) is 11.8 Å². The second-order valence-electron chi connectivity index (χ2n) is 7.90. The number of ether oxygens (including phenoxy) is 1. The predicted octanol–water partition coefficient (Wildman–Crippen LogP) is 2.72. The number of hydrogen-bond acceptors (Lipinski definition) is 6. The minimum absolute atomic E-state index is 0.164. The smallest absolute Gasteiger partial charge is 0.340 e. The van der Waals surface area contributed by atoms with Crippen LogP contribution in [0.4, 0.5) is 9.18 Å². The molecule has 10 heteroatoms. The van der Waals surface area contributed by atoms with E-state index in [1.807, 2.05) is 0 Å². The number of imide groups is 1. The van der Waals surface area contributed by atoms with E-state index in [9.17, 15) is 23.6 Å². The highest BCUT2D eigenvalue weighted by molar-refractivity contribution is 7.99. The Bertz CT molecular complexity index is 1100. The van der Waals surface area contributed by atoms with Gasteiger partial charge in [0.2, 0.25) is 0 Å². The second-order valence-corrected chi connectivity index (χ2v) is 8.91. The van der Waals surface area contributed by atoms with Gasteiger partial charge in [-0.3, -0.25) is 14.9 Å². The van der Waals surface area contributed by atoms with Crippen LogP contribution in [0.25, 0.3) is 0 Å². The first-order valence-electron chi connectivity index (χ1n) is 10.1. The molecule has 1 saturated heterocycles. The molecule has 0 aromatic heterocycles. The molecule has 0 bridgehead atoms. The van der Waals surface area contributed by atoms with Crippen LogP contribution < -0.4 is 10.6 Å². The van der Waals surface area contributed by atoms with Crippen LogP contribution >= 0.6 is 11.8 Å². The summed E-state index contributed by atoms with van der Waals surface area (Å²) >= 11 is 1.21. The second kappa shape index (κ2) is 10.0. The molecule has 2 atom stereocenters. The Balaban J connectivity index is 1.63. The third-order valence-electron chi connectivity index (χ3n) is 5.06. The van der Waals surface area contributed by atoms with Crippen molar-refractivity contribution in [2.75, 3.05) is 12.8 Å². The molecule has 2 aromatic rings. The zero-order chi connectivity index (χ0) is 24.2. The molecule has 0 aliphatic carbocycles. The summed E-state index contributed by atoms with van der Waals surface area (Å²) in [6.45, 7) is 3.23. The van der Waals surface area contributed by atoms with Crippen molar-refractivity contribution in [1.82, 2.24) is 15.5 Å². The third kappa shape index (κ3) is 5.89. The fourth-order valence-electron chi connectivity index (χ4n) is 3.24. The van der Waals surface area contributed by atoms with E-state index in [-0.39, 0.29) is 17.9 Å². The number of rotatable bonds is 8. The number of likely N-dealkylation sites (N-methyl/N-ethyl adjacent to an activating group) is 1. The van der Waals surface area contributed by atoms with Crippen molar-refractivity contribution < 1.29 is 28.3 Å². The number of thioether (sulfide) groups is 1. The van der Waals surface area contributed by atoms with Crippen LogP contribution in [-0.4, -0.2) is 53.2 Å². The van der Waals surface area contributed by atoms with Gasteiger partial charge in [0.1, 0.15) is 11.4 Å². The van der Waals surface area contributed by atoms with Crippen LogP contribution in [-0.2, 0) is 20.9 Å². The summed E-state index contributed by atoms with van der Waals surface area (Å²) in [5.74, 6) is -1.77. The van der Waals surface area contributed by atoms with Crippen LogP contribution in [0.3, 0.4) is 0 Å². The molecular formula is C23H24FN3O5S. The maximum atomic E-state index is 13.4. The molecule has 2 aromatic carbocycles. The Morgan fingerprint density at radius 3 is 2.58 bits per heavy atom. The summed E-state index contributed by atoms with van der Waals surface area (Å²) in [6, 6.07) is 12.0. The first kappa shape index (κ1) is 24.2. The minimum Gasteiger partial charge on any atom is -0.449 e. The quantitative estimate of drug-likeness (QED) is 0.347. The van der Waals surface area contributed by atoms with Gasteiger partial charge in [-0.25, -0.2) is 14.0 Å². The summed E-state index contributed by atoms with van der Waals surface area (Å²) < 4.78 is 18.8. The van der Waals surface area contributed by atoms with E-state index in [0.717, 1.165) is 0 Å². The largest absolute Gasteiger partial charge is 0.449 e. The van der Waals surface area contributed by atoms with Gasteiger partial charge in [-0.15, -0.1) is 11.8 Å². The average molecular weight is 474 g/mol. The van der Waals surface area contributed by atoms with Crippen LogP contribution in [0.2, 0.25) is 0 Å². The molecule has 33 heavy (non-hydrogen) atoms. The van der Waals surface area contributed by atoms with Gasteiger partial charge in [-0.1, -0.05) is 24.3 Å². The van der Waals surface area contributed by atoms with Crippen molar-refractivity contribution in [3.8, 4) is 0 Å². The standard InChI is InChI=1S/C23H24FN3O5S/c1-14(19(28)27(3)12-15-7-6-8-16(24)11-15)32-20(29)17-9-4-5-10-18(17)33-13-23(2)21(30)25-22(31)26-23/h4-11,14H,12-13H2,1-3H3,(H2,25,26,30,31)/t14-,23-/m1/s1. The maximum Gasteiger partial charge on any atom is 0.340 e. The van der Waals surface area contributed by atoms with E-state index in [1.54, 1.807) is 50.4 Å². The molecule has 0 saturated carbocycles. The minimum atomic E-state index is -1.11. The molecule has 174 valence electrons. The van der Waals surface area contributed by atoms with Crippen LogP contribution in [0.5, 0.6) is 0 Å². The highest BCUT2D eigenvalue weighted by atomic mass is 32.2. The Kier molecular flexibility index (Phi) is 7.37. The van der Waals surface area contributed by atoms with E-state index in [4.69, 9.17) is 4.74 Å². The van der Waals surface area contributed by atoms with Crippen LogP contribution in [0.15, 0.2) is 53.4 Å². The Morgan fingerprint density at radius 1 is 1.18 bits per heavy atom. The van der Waals surface area contributed by atoms with Crippen molar-refractivity contribution in [3.05, 3.63) is 65.5 Å². The number of benzene rings is 2. The van der Waals surface area contributed by atoms with Gasteiger partial charge in [-0.05, 0) is 43.7 Å². The van der Waals surface area contributed by atoms with Gasteiger partial charge in [0.05, 0.1) is 5.56 Å². The molecule has 8 nitrogen and oxygen atoms in total. The number of urea groups is 1. The van der Waals surface area contributed by atoms with Crippen LogP contribution in [0, 0.1) is 5.82 Å². The van der Waals surface area contributed by atoms with Gasteiger partial charge < -0.3 is 15.0 Å². The Hall–Kier alpha value is -3.40. The lowest BCUT2D eigenvalue weighted by molar-refractivity contribution is -0.139. The summed E-state index contributed by atoms with van der Waals surface area (Å²) in [7, 11) is 1.54. The number of amides is 4. The fraction of sp³-hybridized carbons (Fsp3) is 0.304. The average Bonchev–Trinajstić information content (AvgIpc) is 3.03. The van der Waals surface area contributed by atoms with E-state index in [1.165, 1.54) is 35.7 Å². The molecule has 2 N–H and O–H groups in total. The van der Waals surface area contributed by atoms with Gasteiger partial charge in [-0.2, -0.15) is 0 Å². The number of hydrogen-bond donors (Lipinski definition) is 2. The van der Waals surface area contributed by atoms with Crippen molar-refractivity contribution in [2.45, 2.75) is 36.9 Å². The summed E-state index contributed by atoms with van der Waals surface area (Å²) in [6.07, 6.45) is -1.06. The molecule has 1 aliphatic heterocycles. The first-order valence-corrected chi connectivity index (χ1v) is 11.1. The highest BCUT2D eigenvalue weighted by Gasteiger charge is 2.42. The molecule has 0 spiro atoms. The number of esters is 1. The molecule has 0 radical (unpaired) electrons.